The number of carbonyl (C=O) groups is 1. The molecule has 1 aromatic carbocycles. The molecule has 3 rings (SSSR count). The van der Waals surface area contributed by atoms with E-state index < -0.39 is 23.6 Å². The van der Waals surface area contributed by atoms with Crippen molar-refractivity contribution >= 4 is 5.97 Å². The molecule has 22 heavy (non-hydrogen) atoms. The first-order valence-corrected chi connectivity index (χ1v) is 6.77. The Labute approximate surface area is 124 Å². The normalized spacial score (nSPS) is 17.3. The van der Waals surface area contributed by atoms with Crippen molar-refractivity contribution < 1.29 is 23.1 Å². The van der Waals surface area contributed by atoms with Gasteiger partial charge >= 0.3 is 12.1 Å². The largest absolute Gasteiger partial charge is 0.481 e. The van der Waals surface area contributed by atoms with Gasteiger partial charge in [-0.1, -0.05) is 24.3 Å². The summed E-state index contributed by atoms with van der Waals surface area (Å²) in [5.74, 6) is -1.54. The number of hydrogen-bond acceptors (Lipinski definition) is 2. The van der Waals surface area contributed by atoms with Crippen molar-refractivity contribution in [1.82, 2.24) is 4.98 Å². The summed E-state index contributed by atoms with van der Waals surface area (Å²) in [7, 11) is 0. The van der Waals surface area contributed by atoms with Gasteiger partial charge in [0.15, 0.2) is 0 Å². The van der Waals surface area contributed by atoms with Crippen LogP contribution in [0, 0.1) is 0 Å². The molecular formula is C16H12F3NO2. The number of pyridine rings is 1. The van der Waals surface area contributed by atoms with Crippen LogP contribution in [0.4, 0.5) is 13.2 Å². The number of hydrogen-bond donors (Lipinski definition) is 1. The van der Waals surface area contributed by atoms with E-state index in [0.717, 1.165) is 6.07 Å². The molecule has 114 valence electrons. The summed E-state index contributed by atoms with van der Waals surface area (Å²) in [6, 6.07) is 8.30. The number of rotatable bonds is 2. The number of aryl methyl sites for hydroxylation is 1. The summed E-state index contributed by atoms with van der Waals surface area (Å²) in [4.78, 5) is 15.4. The molecule has 1 aliphatic carbocycles. The van der Waals surface area contributed by atoms with Crippen LogP contribution in [-0.2, 0) is 17.4 Å². The van der Waals surface area contributed by atoms with Gasteiger partial charge in [-0.3, -0.25) is 9.78 Å². The van der Waals surface area contributed by atoms with Gasteiger partial charge in [-0.25, -0.2) is 0 Å². The molecule has 0 amide bonds. The summed E-state index contributed by atoms with van der Waals surface area (Å²) >= 11 is 0. The molecule has 6 heteroatoms. The minimum absolute atomic E-state index is 0.0107. The molecule has 0 spiro atoms. The van der Waals surface area contributed by atoms with Crippen molar-refractivity contribution in [2.24, 2.45) is 0 Å². The number of carboxylic acids is 1. The highest BCUT2D eigenvalue weighted by molar-refractivity contribution is 5.78. The number of halogens is 3. The second kappa shape index (κ2) is 5.12. The maximum atomic E-state index is 13.1. The van der Waals surface area contributed by atoms with Crippen molar-refractivity contribution in [2.45, 2.75) is 24.9 Å². The summed E-state index contributed by atoms with van der Waals surface area (Å²) in [6.07, 6.45) is -3.56. The molecule has 1 aliphatic rings. The first-order chi connectivity index (χ1) is 10.4. The van der Waals surface area contributed by atoms with Crippen LogP contribution in [0.3, 0.4) is 0 Å². The van der Waals surface area contributed by atoms with Gasteiger partial charge in [0.25, 0.3) is 0 Å². The van der Waals surface area contributed by atoms with Crippen molar-refractivity contribution in [1.29, 1.82) is 0 Å². The highest BCUT2D eigenvalue weighted by Gasteiger charge is 2.34. The number of alkyl halides is 3. The lowest BCUT2D eigenvalue weighted by atomic mass is 10.00. The van der Waals surface area contributed by atoms with Gasteiger partial charge in [-0.15, -0.1) is 0 Å². The summed E-state index contributed by atoms with van der Waals surface area (Å²) in [6.45, 7) is 0. The Bertz CT molecular complexity index is 740. The van der Waals surface area contributed by atoms with Crippen LogP contribution in [0.1, 0.15) is 29.2 Å². The minimum Gasteiger partial charge on any atom is -0.481 e. The quantitative estimate of drug-likeness (QED) is 0.916. The number of aromatic nitrogens is 1. The monoisotopic (exact) mass is 307 g/mol. The van der Waals surface area contributed by atoms with Crippen molar-refractivity contribution in [2.75, 3.05) is 0 Å². The van der Waals surface area contributed by atoms with E-state index in [9.17, 15) is 18.0 Å². The zero-order valence-electron chi connectivity index (χ0n) is 11.4. The lowest BCUT2D eigenvalue weighted by Crippen LogP contribution is -2.09. The van der Waals surface area contributed by atoms with Gasteiger partial charge in [0, 0.05) is 11.3 Å². The van der Waals surface area contributed by atoms with E-state index in [1.54, 1.807) is 6.07 Å². The third-order valence-electron chi connectivity index (χ3n) is 3.86. The fourth-order valence-electron chi connectivity index (χ4n) is 2.83. The lowest BCUT2D eigenvalue weighted by molar-refractivity contribution is -0.139. The van der Waals surface area contributed by atoms with E-state index in [0.29, 0.717) is 24.1 Å². The zero-order valence-corrected chi connectivity index (χ0v) is 11.4. The number of benzene rings is 1. The molecule has 1 atom stereocenters. The molecule has 1 aromatic heterocycles. The molecule has 1 unspecified atom stereocenters. The molecule has 0 radical (unpaired) electrons. The van der Waals surface area contributed by atoms with E-state index in [4.69, 9.17) is 5.11 Å². The van der Waals surface area contributed by atoms with Crippen LogP contribution in [-0.4, -0.2) is 16.1 Å². The van der Waals surface area contributed by atoms with Crippen LogP contribution < -0.4 is 0 Å². The maximum Gasteiger partial charge on any atom is 0.417 e. The van der Waals surface area contributed by atoms with Crippen LogP contribution >= 0.6 is 0 Å². The second-order valence-electron chi connectivity index (χ2n) is 5.21. The van der Waals surface area contributed by atoms with E-state index >= 15 is 0 Å². The molecule has 3 nitrogen and oxygen atoms in total. The van der Waals surface area contributed by atoms with Gasteiger partial charge in [-0.2, -0.15) is 13.2 Å². The topological polar surface area (TPSA) is 50.2 Å². The van der Waals surface area contributed by atoms with Gasteiger partial charge in [0.05, 0.1) is 17.2 Å². The summed E-state index contributed by atoms with van der Waals surface area (Å²) in [5, 5.41) is 9.12. The van der Waals surface area contributed by atoms with Crippen molar-refractivity contribution in [3.63, 3.8) is 0 Å². The molecule has 0 bridgehead atoms. The molecule has 0 aliphatic heterocycles. The zero-order chi connectivity index (χ0) is 15.9. The number of nitrogens with zero attached hydrogens (tertiary/aromatic N) is 1. The number of carboxylic acid groups (broad SMARTS) is 1. The fourth-order valence-corrected chi connectivity index (χ4v) is 2.83. The van der Waals surface area contributed by atoms with Gasteiger partial charge < -0.3 is 5.11 Å². The SMILES string of the molecule is O=C(O)C1CCc2nc(-c3ccccc3C(F)(F)F)ccc21. The van der Waals surface area contributed by atoms with Crippen LogP contribution in [0.25, 0.3) is 11.3 Å². The van der Waals surface area contributed by atoms with E-state index in [1.165, 1.54) is 24.3 Å². The Morgan fingerprint density at radius 3 is 2.59 bits per heavy atom. The average Bonchev–Trinajstić information content (AvgIpc) is 2.89. The Morgan fingerprint density at radius 2 is 1.91 bits per heavy atom. The van der Waals surface area contributed by atoms with E-state index in [1.807, 2.05) is 0 Å². The number of fused-ring (bicyclic) bond motifs is 1. The molecule has 2 aromatic rings. The van der Waals surface area contributed by atoms with Crippen molar-refractivity contribution in [3.8, 4) is 11.3 Å². The van der Waals surface area contributed by atoms with Gasteiger partial charge in [0.1, 0.15) is 0 Å². The molecule has 1 heterocycles. The molecule has 0 saturated heterocycles. The Morgan fingerprint density at radius 1 is 1.18 bits per heavy atom. The van der Waals surface area contributed by atoms with E-state index in [-0.39, 0.29) is 11.3 Å². The van der Waals surface area contributed by atoms with E-state index in [2.05, 4.69) is 4.98 Å². The van der Waals surface area contributed by atoms with Gasteiger partial charge in [0.2, 0.25) is 0 Å². The smallest absolute Gasteiger partial charge is 0.417 e. The lowest BCUT2D eigenvalue weighted by Gasteiger charge is -2.13. The highest BCUT2D eigenvalue weighted by atomic mass is 19.4. The first-order valence-electron chi connectivity index (χ1n) is 6.77. The predicted molar refractivity (Wildman–Crippen MR) is 73.4 cm³/mol. The summed E-state index contributed by atoms with van der Waals surface area (Å²) < 4.78 is 39.2. The first kappa shape index (κ1) is 14.6. The van der Waals surface area contributed by atoms with Gasteiger partial charge in [-0.05, 0) is 30.5 Å². The van der Waals surface area contributed by atoms with Crippen LogP contribution in [0.2, 0.25) is 0 Å². The third-order valence-corrected chi connectivity index (χ3v) is 3.86. The Kier molecular flexibility index (Phi) is 3.39. The highest BCUT2D eigenvalue weighted by Crippen LogP contribution is 2.38. The minimum atomic E-state index is -4.46. The summed E-state index contributed by atoms with van der Waals surface area (Å²) in [5.41, 5.74) is 0.659. The van der Waals surface area contributed by atoms with Crippen molar-refractivity contribution in [3.05, 3.63) is 53.2 Å². The number of aliphatic carboxylic acids is 1. The van der Waals surface area contributed by atoms with Crippen LogP contribution in [0.15, 0.2) is 36.4 Å². The molecular weight excluding hydrogens is 295 g/mol. The fraction of sp³-hybridized carbons (Fsp3) is 0.250. The second-order valence-corrected chi connectivity index (χ2v) is 5.21. The predicted octanol–water partition coefficient (Wildman–Crippen LogP) is 3.88. The Hall–Kier alpha value is -2.37. The molecule has 0 fully saturated rings. The van der Waals surface area contributed by atoms with Crippen LogP contribution in [0.5, 0.6) is 0 Å². The molecule has 1 N–H and O–H groups in total. The maximum absolute atomic E-state index is 13.1. The molecule has 0 saturated carbocycles. The third kappa shape index (κ3) is 2.45. The average molecular weight is 307 g/mol. The Balaban J connectivity index is 2.08. The standard InChI is InChI=1S/C16H12F3NO2/c17-16(18,19)12-4-2-1-3-11(12)14-7-5-9-10(15(21)22)6-8-13(9)20-14/h1-5,7,10H,6,8H2,(H,21,22).